The van der Waals surface area contributed by atoms with Gasteiger partial charge in [0.25, 0.3) is 0 Å². The predicted molar refractivity (Wildman–Crippen MR) is 106 cm³/mol. The Morgan fingerprint density at radius 3 is 2.67 bits per heavy atom. The van der Waals surface area contributed by atoms with Gasteiger partial charge in [-0.2, -0.15) is 10.1 Å². The lowest BCUT2D eigenvalue weighted by atomic mass is 10.0. The Balaban J connectivity index is 1.45. The first-order valence-electron chi connectivity index (χ1n) is 10.3. The largest absolute Gasteiger partial charge is 0.339 e. The molecular formula is C20H34N6O. The van der Waals surface area contributed by atoms with Crippen LogP contribution in [0.3, 0.4) is 0 Å². The predicted octanol–water partition coefficient (Wildman–Crippen LogP) is 2.67. The molecule has 0 radical (unpaired) electrons. The number of aromatic nitrogens is 4. The van der Waals surface area contributed by atoms with Crippen LogP contribution in [0, 0.1) is 5.92 Å². The summed E-state index contributed by atoms with van der Waals surface area (Å²) in [6.07, 6.45) is 7.03. The van der Waals surface area contributed by atoms with Crippen molar-refractivity contribution in [3.8, 4) is 0 Å². The van der Waals surface area contributed by atoms with E-state index in [0.29, 0.717) is 17.9 Å². The van der Waals surface area contributed by atoms with Crippen LogP contribution < -0.4 is 5.32 Å². The average molecular weight is 375 g/mol. The van der Waals surface area contributed by atoms with E-state index in [1.54, 1.807) is 0 Å². The molecule has 0 aliphatic carbocycles. The fourth-order valence-corrected chi connectivity index (χ4v) is 3.59. The number of rotatable bonds is 9. The molecule has 0 amide bonds. The summed E-state index contributed by atoms with van der Waals surface area (Å²) in [5.74, 6) is 2.46. The molecular weight excluding hydrogens is 340 g/mol. The van der Waals surface area contributed by atoms with Crippen LogP contribution in [0.1, 0.15) is 63.4 Å². The number of aryl methyl sites for hydroxylation is 1. The van der Waals surface area contributed by atoms with Crippen LogP contribution in [-0.2, 0) is 12.8 Å². The van der Waals surface area contributed by atoms with Gasteiger partial charge in [-0.15, -0.1) is 0 Å². The second kappa shape index (κ2) is 9.46. The smallest absolute Gasteiger partial charge is 0.226 e. The van der Waals surface area contributed by atoms with Crippen LogP contribution in [0.4, 0.5) is 0 Å². The second-order valence-corrected chi connectivity index (χ2v) is 8.28. The van der Waals surface area contributed by atoms with Gasteiger partial charge in [-0.3, -0.25) is 4.68 Å². The van der Waals surface area contributed by atoms with E-state index < -0.39 is 0 Å². The molecule has 2 aromatic rings. The summed E-state index contributed by atoms with van der Waals surface area (Å²) in [6, 6.07) is 0.316. The van der Waals surface area contributed by atoms with E-state index in [9.17, 15) is 0 Å². The van der Waals surface area contributed by atoms with E-state index >= 15 is 0 Å². The number of nitrogens with one attached hydrogen (secondary N) is 1. The van der Waals surface area contributed by atoms with Crippen molar-refractivity contribution in [1.29, 1.82) is 0 Å². The number of hydrogen-bond acceptors (Lipinski definition) is 6. The lowest BCUT2D eigenvalue weighted by Gasteiger charge is -2.29. The first-order chi connectivity index (χ1) is 13.0. The molecule has 0 bridgehead atoms. The van der Waals surface area contributed by atoms with Crippen LogP contribution in [0.15, 0.2) is 16.9 Å². The lowest BCUT2D eigenvalue weighted by molar-refractivity contribution is 0.211. The summed E-state index contributed by atoms with van der Waals surface area (Å²) < 4.78 is 7.42. The van der Waals surface area contributed by atoms with Crippen LogP contribution in [0.2, 0.25) is 0 Å². The third-order valence-corrected chi connectivity index (χ3v) is 5.25. The van der Waals surface area contributed by atoms with E-state index in [2.05, 4.69) is 64.0 Å². The van der Waals surface area contributed by atoms with Crippen molar-refractivity contribution < 1.29 is 4.52 Å². The minimum atomic E-state index is 0.303. The summed E-state index contributed by atoms with van der Waals surface area (Å²) in [5.41, 5.74) is 1.32. The van der Waals surface area contributed by atoms with Crippen LogP contribution in [0.5, 0.6) is 0 Å². The van der Waals surface area contributed by atoms with Crippen molar-refractivity contribution in [1.82, 2.24) is 30.1 Å². The van der Waals surface area contributed by atoms with Crippen LogP contribution in [0.25, 0.3) is 0 Å². The first kappa shape index (κ1) is 20.0. The summed E-state index contributed by atoms with van der Waals surface area (Å²) >= 11 is 0. The number of hydrogen-bond donors (Lipinski definition) is 1. The van der Waals surface area contributed by atoms with Crippen LogP contribution in [-0.4, -0.2) is 57.5 Å². The van der Waals surface area contributed by atoms with Crippen molar-refractivity contribution in [2.45, 2.75) is 58.9 Å². The Morgan fingerprint density at radius 2 is 1.96 bits per heavy atom. The van der Waals surface area contributed by atoms with Gasteiger partial charge in [-0.05, 0) is 31.2 Å². The Labute approximate surface area is 162 Å². The second-order valence-electron chi connectivity index (χ2n) is 8.28. The first-order valence-corrected chi connectivity index (χ1v) is 10.3. The van der Waals surface area contributed by atoms with Gasteiger partial charge in [0.1, 0.15) is 0 Å². The quantitative estimate of drug-likeness (QED) is 0.727. The van der Waals surface area contributed by atoms with Gasteiger partial charge in [-0.1, -0.05) is 25.9 Å². The zero-order valence-electron chi connectivity index (χ0n) is 17.2. The van der Waals surface area contributed by atoms with Crippen molar-refractivity contribution in [3.63, 3.8) is 0 Å². The molecule has 1 fully saturated rings. The van der Waals surface area contributed by atoms with E-state index in [1.165, 1.54) is 5.56 Å². The molecule has 7 heteroatoms. The molecule has 0 spiro atoms. The van der Waals surface area contributed by atoms with Crippen LogP contribution >= 0.6 is 0 Å². The van der Waals surface area contributed by atoms with Gasteiger partial charge in [0.15, 0.2) is 5.82 Å². The molecule has 1 N–H and O–H groups in total. The van der Waals surface area contributed by atoms with E-state index in [-0.39, 0.29) is 0 Å². The maximum absolute atomic E-state index is 5.34. The van der Waals surface area contributed by atoms with Crippen molar-refractivity contribution in [2.75, 3.05) is 32.7 Å². The molecule has 27 heavy (non-hydrogen) atoms. The Kier molecular flexibility index (Phi) is 7.01. The van der Waals surface area contributed by atoms with Gasteiger partial charge in [0.05, 0.1) is 6.20 Å². The maximum atomic E-state index is 5.34. The van der Waals surface area contributed by atoms with Crippen molar-refractivity contribution in [2.24, 2.45) is 5.92 Å². The monoisotopic (exact) mass is 374 g/mol. The third-order valence-electron chi connectivity index (χ3n) is 5.25. The fourth-order valence-electron chi connectivity index (χ4n) is 3.59. The molecule has 0 aromatic carbocycles. The minimum Gasteiger partial charge on any atom is -0.339 e. The molecule has 3 rings (SSSR count). The summed E-state index contributed by atoms with van der Waals surface area (Å²) in [7, 11) is 0. The van der Waals surface area contributed by atoms with E-state index in [4.69, 9.17) is 4.52 Å². The molecule has 3 heterocycles. The standard InChI is InChI=1S/C20H34N6O/c1-15(2)20-23-19(27-24-20)6-5-17(4)26-14-18(12-22-26)11-16(3)13-25-9-7-21-8-10-25/h12,14-17,21H,5-11,13H2,1-4H3. The Morgan fingerprint density at radius 1 is 1.19 bits per heavy atom. The highest BCUT2D eigenvalue weighted by Gasteiger charge is 2.16. The van der Waals surface area contributed by atoms with Gasteiger partial charge in [-0.25, -0.2) is 0 Å². The van der Waals surface area contributed by atoms with E-state index in [1.807, 2.05) is 6.20 Å². The highest BCUT2D eigenvalue weighted by Crippen LogP contribution is 2.17. The van der Waals surface area contributed by atoms with Gasteiger partial charge >= 0.3 is 0 Å². The molecule has 0 saturated carbocycles. The van der Waals surface area contributed by atoms with Crippen molar-refractivity contribution in [3.05, 3.63) is 29.7 Å². The number of piperazine rings is 1. The number of nitrogens with zero attached hydrogens (tertiary/aromatic N) is 5. The summed E-state index contributed by atoms with van der Waals surface area (Å²) in [5, 5.41) is 12.0. The average Bonchev–Trinajstić information content (AvgIpc) is 3.30. The molecule has 1 aliphatic rings. The molecule has 2 aromatic heterocycles. The Hall–Kier alpha value is -1.73. The zero-order valence-corrected chi connectivity index (χ0v) is 17.2. The summed E-state index contributed by atoms with van der Waals surface area (Å²) in [4.78, 5) is 7.02. The zero-order chi connectivity index (χ0) is 19.2. The lowest BCUT2D eigenvalue weighted by Crippen LogP contribution is -2.45. The molecule has 2 atom stereocenters. The van der Waals surface area contributed by atoms with Gasteiger partial charge in [0, 0.05) is 57.3 Å². The van der Waals surface area contributed by atoms with Gasteiger partial charge < -0.3 is 14.7 Å². The highest BCUT2D eigenvalue weighted by molar-refractivity contribution is 5.05. The normalized spacial score (nSPS) is 18.1. The van der Waals surface area contributed by atoms with E-state index in [0.717, 1.165) is 63.7 Å². The molecule has 2 unspecified atom stereocenters. The molecule has 1 aliphatic heterocycles. The fraction of sp³-hybridized carbons (Fsp3) is 0.750. The SMILES string of the molecule is CC(Cc1cnn(C(C)CCc2nc(C(C)C)no2)c1)CN1CCNCC1. The molecule has 150 valence electrons. The molecule has 1 saturated heterocycles. The Bertz CT molecular complexity index is 688. The topological polar surface area (TPSA) is 72.0 Å². The van der Waals surface area contributed by atoms with Gasteiger partial charge in [0.2, 0.25) is 5.89 Å². The highest BCUT2D eigenvalue weighted by atomic mass is 16.5. The minimum absolute atomic E-state index is 0.303. The molecule has 7 nitrogen and oxygen atoms in total. The summed E-state index contributed by atoms with van der Waals surface area (Å²) in [6.45, 7) is 14.4. The third kappa shape index (κ3) is 5.87. The maximum Gasteiger partial charge on any atom is 0.226 e. The van der Waals surface area contributed by atoms with Crippen molar-refractivity contribution >= 4 is 0 Å².